The van der Waals surface area contributed by atoms with E-state index < -0.39 is 13.9 Å². The number of likely N-dealkylation sites (N-methyl/N-ethyl adjacent to an activating group) is 1. The maximum absolute atomic E-state index is 10.2. The van der Waals surface area contributed by atoms with Crippen molar-refractivity contribution in [2.45, 2.75) is 12.5 Å². The van der Waals surface area contributed by atoms with Gasteiger partial charge >= 0.3 is 7.82 Å². The van der Waals surface area contributed by atoms with Crippen molar-refractivity contribution in [1.29, 1.82) is 0 Å². The molecular formula is C6H16NO5P. The second-order valence-corrected chi connectivity index (χ2v) is 4.27. The first-order valence-corrected chi connectivity index (χ1v) is 5.37. The van der Waals surface area contributed by atoms with Crippen LogP contribution in [0.3, 0.4) is 0 Å². The molecule has 0 aliphatic heterocycles. The highest BCUT2D eigenvalue weighted by Crippen LogP contribution is 2.35. The van der Waals surface area contributed by atoms with Crippen molar-refractivity contribution < 1.29 is 24.0 Å². The van der Waals surface area contributed by atoms with Crippen LogP contribution in [0.5, 0.6) is 0 Å². The fourth-order valence-electron chi connectivity index (χ4n) is 0.820. The lowest BCUT2D eigenvalue weighted by molar-refractivity contribution is 0.100. The third-order valence-corrected chi connectivity index (χ3v) is 1.81. The van der Waals surface area contributed by atoms with Crippen LogP contribution < -0.4 is 0 Å². The molecule has 0 aliphatic rings. The van der Waals surface area contributed by atoms with Gasteiger partial charge in [-0.1, -0.05) is 0 Å². The van der Waals surface area contributed by atoms with Crippen LogP contribution in [0.15, 0.2) is 0 Å². The molecule has 80 valence electrons. The van der Waals surface area contributed by atoms with E-state index in [0.717, 1.165) is 0 Å². The summed E-state index contributed by atoms with van der Waals surface area (Å²) in [6.45, 7) is 0.309. The van der Waals surface area contributed by atoms with Crippen molar-refractivity contribution in [3.8, 4) is 0 Å². The Bertz CT molecular complexity index is 180. The number of hydrogen-bond donors (Lipinski definition) is 3. The van der Waals surface area contributed by atoms with E-state index in [-0.39, 0.29) is 13.0 Å². The van der Waals surface area contributed by atoms with Crippen molar-refractivity contribution >= 4 is 7.82 Å². The summed E-state index contributed by atoms with van der Waals surface area (Å²) in [5.41, 5.74) is 0. The third kappa shape index (κ3) is 9.95. The van der Waals surface area contributed by atoms with Gasteiger partial charge in [-0.25, -0.2) is 4.57 Å². The van der Waals surface area contributed by atoms with E-state index in [1.807, 2.05) is 0 Å². The van der Waals surface area contributed by atoms with Crippen LogP contribution in [-0.4, -0.2) is 53.1 Å². The summed E-state index contributed by atoms with van der Waals surface area (Å²) in [5, 5.41) is 9.24. The van der Waals surface area contributed by atoms with E-state index in [4.69, 9.17) is 9.79 Å². The van der Waals surface area contributed by atoms with E-state index in [1.54, 1.807) is 19.0 Å². The number of hydrogen-bond acceptors (Lipinski definition) is 4. The zero-order valence-corrected chi connectivity index (χ0v) is 8.65. The molecule has 0 aliphatic carbocycles. The van der Waals surface area contributed by atoms with Crippen molar-refractivity contribution in [2.24, 2.45) is 0 Å². The molecule has 13 heavy (non-hydrogen) atoms. The molecule has 0 heterocycles. The molecule has 0 radical (unpaired) electrons. The highest BCUT2D eigenvalue weighted by molar-refractivity contribution is 7.46. The van der Waals surface area contributed by atoms with Crippen molar-refractivity contribution in [2.75, 3.05) is 27.2 Å². The molecule has 0 aromatic rings. The Morgan fingerprint density at radius 3 is 2.38 bits per heavy atom. The first-order valence-electron chi connectivity index (χ1n) is 3.84. The van der Waals surface area contributed by atoms with E-state index in [0.29, 0.717) is 6.54 Å². The first-order chi connectivity index (χ1) is 5.81. The predicted molar refractivity (Wildman–Crippen MR) is 47.2 cm³/mol. The quantitative estimate of drug-likeness (QED) is 0.511. The summed E-state index contributed by atoms with van der Waals surface area (Å²) in [5.74, 6) is 0. The second kappa shape index (κ2) is 5.70. The molecule has 6 nitrogen and oxygen atoms in total. The number of nitrogens with zero attached hydrogens (tertiary/aromatic N) is 1. The first kappa shape index (κ1) is 13.0. The summed E-state index contributed by atoms with van der Waals surface area (Å²) in [6.07, 6.45) is -0.412. The molecule has 0 amide bonds. The van der Waals surface area contributed by atoms with Gasteiger partial charge in [0.2, 0.25) is 0 Å². The second-order valence-electron chi connectivity index (χ2n) is 3.03. The van der Waals surface area contributed by atoms with Crippen LogP contribution in [0.25, 0.3) is 0 Å². The van der Waals surface area contributed by atoms with Gasteiger partial charge in [0.15, 0.2) is 0 Å². The molecule has 7 heteroatoms. The van der Waals surface area contributed by atoms with Gasteiger partial charge in [0.05, 0.1) is 12.7 Å². The Balaban J connectivity index is 3.48. The van der Waals surface area contributed by atoms with Crippen LogP contribution in [0, 0.1) is 0 Å². The standard InChI is InChI=1S/C6H16NO5P/c1-7(2)5-6(8)3-4-12-13(9,10)11/h6,8H,3-5H2,1-2H3,(H2,9,10,11). The number of phosphoric ester groups is 1. The Morgan fingerprint density at radius 2 is 2.00 bits per heavy atom. The predicted octanol–water partition coefficient (Wildman–Crippen LogP) is -0.592. The van der Waals surface area contributed by atoms with Crippen LogP contribution in [0.1, 0.15) is 6.42 Å². The zero-order valence-electron chi connectivity index (χ0n) is 7.75. The highest BCUT2D eigenvalue weighted by Gasteiger charge is 2.14. The fourth-order valence-corrected chi connectivity index (χ4v) is 1.16. The topological polar surface area (TPSA) is 90.2 Å². The van der Waals surface area contributed by atoms with Gasteiger partial charge in [-0.3, -0.25) is 4.52 Å². The largest absolute Gasteiger partial charge is 0.469 e. The van der Waals surface area contributed by atoms with Crippen LogP contribution >= 0.6 is 7.82 Å². The molecule has 0 aromatic carbocycles. The molecule has 0 saturated carbocycles. The Labute approximate surface area is 77.4 Å². The summed E-state index contributed by atoms with van der Waals surface area (Å²) in [4.78, 5) is 18.4. The van der Waals surface area contributed by atoms with Crippen LogP contribution in [0.2, 0.25) is 0 Å². The average Bonchev–Trinajstić information content (AvgIpc) is 1.81. The smallest absolute Gasteiger partial charge is 0.392 e. The fraction of sp³-hybridized carbons (Fsp3) is 1.00. The minimum atomic E-state index is -4.38. The lowest BCUT2D eigenvalue weighted by atomic mass is 10.2. The SMILES string of the molecule is CN(C)CC(O)CCOP(=O)(O)O. The number of aliphatic hydroxyl groups excluding tert-OH is 1. The lowest BCUT2D eigenvalue weighted by Crippen LogP contribution is -2.26. The molecule has 1 unspecified atom stereocenters. The normalized spacial score (nSPS) is 14.9. The van der Waals surface area contributed by atoms with Gasteiger partial charge in [-0.05, 0) is 20.5 Å². The van der Waals surface area contributed by atoms with Crippen LogP contribution in [0.4, 0.5) is 0 Å². The number of phosphoric acid groups is 1. The van der Waals surface area contributed by atoms with Crippen LogP contribution in [-0.2, 0) is 9.09 Å². The minimum absolute atomic E-state index is 0.140. The van der Waals surface area contributed by atoms with Crippen molar-refractivity contribution in [1.82, 2.24) is 4.90 Å². The summed E-state index contributed by atoms with van der Waals surface area (Å²) in [7, 11) is -0.784. The lowest BCUT2D eigenvalue weighted by Gasteiger charge is -2.15. The molecule has 1 atom stereocenters. The minimum Gasteiger partial charge on any atom is -0.392 e. The molecule has 0 fully saturated rings. The Kier molecular flexibility index (Phi) is 5.71. The van der Waals surface area contributed by atoms with Gasteiger partial charge < -0.3 is 19.8 Å². The van der Waals surface area contributed by atoms with Crippen molar-refractivity contribution in [3.05, 3.63) is 0 Å². The monoisotopic (exact) mass is 213 g/mol. The molecule has 0 rings (SSSR count). The summed E-state index contributed by atoms with van der Waals surface area (Å²) < 4.78 is 14.4. The van der Waals surface area contributed by atoms with Gasteiger partial charge in [-0.15, -0.1) is 0 Å². The Hall–Kier alpha value is 0.0300. The average molecular weight is 213 g/mol. The number of rotatable bonds is 6. The molecule has 0 spiro atoms. The molecule has 3 N–H and O–H groups in total. The number of aliphatic hydroxyl groups is 1. The molecule has 0 aromatic heterocycles. The van der Waals surface area contributed by atoms with E-state index in [2.05, 4.69) is 4.52 Å². The van der Waals surface area contributed by atoms with Gasteiger partial charge in [0, 0.05) is 6.54 Å². The molecular weight excluding hydrogens is 197 g/mol. The summed E-state index contributed by atoms with van der Waals surface area (Å²) >= 11 is 0. The Morgan fingerprint density at radius 1 is 1.46 bits per heavy atom. The van der Waals surface area contributed by atoms with E-state index in [9.17, 15) is 9.67 Å². The zero-order chi connectivity index (χ0) is 10.5. The maximum atomic E-state index is 10.2. The maximum Gasteiger partial charge on any atom is 0.469 e. The molecule has 0 bridgehead atoms. The molecule has 0 saturated heterocycles. The van der Waals surface area contributed by atoms with E-state index in [1.165, 1.54) is 0 Å². The van der Waals surface area contributed by atoms with Gasteiger partial charge in [-0.2, -0.15) is 0 Å². The third-order valence-electron chi connectivity index (χ3n) is 1.29. The highest BCUT2D eigenvalue weighted by atomic mass is 31.2. The van der Waals surface area contributed by atoms with E-state index >= 15 is 0 Å². The van der Waals surface area contributed by atoms with Crippen molar-refractivity contribution in [3.63, 3.8) is 0 Å². The summed E-state index contributed by atoms with van der Waals surface area (Å²) in [6, 6.07) is 0. The van der Waals surface area contributed by atoms with Gasteiger partial charge in [0.25, 0.3) is 0 Å². The van der Waals surface area contributed by atoms with Gasteiger partial charge in [0.1, 0.15) is 0 Å².